The predicted octanol–water partition coefficient (Wildman–Crippen LogP) is 3.03. The molecule has 0 radical (unpaired) electrons. The average molecular weight is 491 g/mol. The van der Waals surface area contributed by atoms with Crippen LogP contribution < -0.4 is 5.14 Å². The van der Waals surface area contributed by atoms with E-state index in [0.29, 0.717) is 5.39 Å². The lowest BCUT2D eigenvalue weighted by molar-refractivity contribution is 0.484. The van der Waals surface area contributed by atoms with Crippen LogP contribution in [-0.4, -0.2) is 21.4 Å². The molecule has 0 aliphatic heterocycles. The van der Waals surface area contributed by atoms with Crippen molar-refractivity contribution in [3.8, 4) is 0 Å². The molecule has 0 aliphatic rings. The van der Waals surface area contributed by atoms with Gasteiger partial charge in [0.1, 0.15) is 4.90 Å². The first kappa shape index (κ1) is 19.8. The van der Waals surface area contributed by atoms with Crippen molar-refractivity contribution < 1.29 is 21.4 Å². The highest BCUT2D eigenvalue weighted by Gasteiger charge is 2.13. The highest BCUT2D eigenvalue weighted by Crippen LogP contribution is 2.26. The maximum absolute atomic E-state index is 11.1. The smallest absolute Gasteiger partial charge is 0.282 e. The summed E-state index contributed by atoms with van der Waals surface area (Å²) in [4.78, 5) is 0.105. The topological polar surface area (TPSA) is 115 Å². The van der Waals surface area contributed by atoms with E-state index in [2.05, 4.69) is 22.6 Å². The number of rotatable bonds is 2. The van der Waals surface area contributed by atoms with Gasteiger partial charge in [0, 0.05) is 8.96 Å². The largest absolute Gasteiger partial charge is 0.295 e. The third-order valence-electron chi connectivity index (χ3n) is 3.18. The zero-order valence-electron chi connectivity index (χ0n) is 12.7. The number of fused-ring (bicyclic) bond motifs is 1. The number of sulfonamides is 1. The Bertz CT molecular complexity index is 1100. The minimum absolute atomic E-state index is 0.0430. The van der Waals surface area contributed by atoms with Crippen molar-refractivity contribution in [3.05, 3.63) is 70.3 Å². The van der Waals surface area contributed by atoms with Crippen molar-refractivity contribution >= 4 is 53.5 Å². The fraction of sp³-hybridized carbons (Fsp3) is 0. The molecule has 3 aromatic rings. The summed E-state index contributed by atoms with van der Waals surface area (Å²) in [6.07, 6.45) is 0. The van der Waals surface area contributed by atoms with Gasteiger partial charge in [-0.05, 0) is 52.2 Å². The van der Waals surface area contributed by atoms with E-state index >= 15 is 0 Å². The normalized spacial score (nSPS) is 11.6. The first-order valence-corrected chi connectivity index (χ1v) is 10.9. The third kappa shape index (κ3) is 5.22. The van der Waals surface area contributed by atoms with Crippen LogP contribution in [0.3, 0.4) is 0 Å². The molecule has 9 heteroatoms. The maximum Gasteiger partial charge on any atom is 0.295 e. The number of primary sulfonamides is 1. The molecule has 0 aliphatic carbocycles. The van der Waals surface area contributed by atoms with Gasteiger partial charge in [0.05, 0.1) is 4.90 Å². The molecule has 6 nitrogen and oxygen atoms in total. The van der Waals surface area contributed by atoms with Gasteiger partial charge < -0.3 is 0 Å². The maximum atomic E-state index is 11.1. The number of hydrogen-bond donors (Lipinski definition) is 2. The van der Waals surface area contributed by atoms with Crippen LogP contribution in [0.1, 0.15) is 0 Å². The molecule has 0 saturated carbocycles. The highest BCUT2D eigenvalue weighted by molar-refractivity contribution is 14.1. The Balaban J connectivity index is 0.000000196. The molecule has 0 aromatic heterocycles. The minimum Gasteiger partial charge on any atom is -0.282 e. The van der Waals surface area contributed by atoms with E-state index in [-0.39, 0.29) is 9.79 Å². The molecule has 0 atom stereocenters. The van der Waals surface area contributed by atoms with Crippen LogP contribution in [0.5, 0.6) is 0 Å². The molecule has 3 N–H and O–H groups in total. The van der Waals surface area contributed by atoms with E-state index < -0.39 is 20.1 Å². The van der Waals surface area contributed by atoms with Gasteiger partial charge in [0.2, 0.25) is 10.0 Å². The molecule has 3 rings (SSSR count). The third-order valence-corrected chi connectivity index (χ3v) is 5.96. The Labute approximate surface area is 159 Å². The minimum atomic E-state index is -4.15. The Morgan fingerprint density at radius 3 is 1.84 bits per heavy atom. The van der Waals surface area contributed by atoms with E-state index in [9.17, 15) is 16.8 Å². The summed E-state index contributed by atoms with van der Waals surface area (Å²) >= 11 is 2.13. The molecule has 3 aromatic carbocycles. The zero-order valence-corrected chi connectivity index (χ0v) is 16.5. The van der Waals surface area contributed by atoms with Gasteiger partial charge in [-0.25, -0.2) is 13.6 Å². The molecule has 0 unspecified atom stereocenters. The summed E-state index contributed by atoms with van der Waals surface area (Å²) < 4.78 is 53.4. The van der Waals surface area contributed by atoms with Crippen molar-refractivity contribution in [1.29, 1.82) is 0 Å². The van der Waals surface area contributed by atoms with Crippen molar-refractivity contribution in [2.75, 3.05) is 0 Å². The van der Waals surface area contributed by atoms with Crippen LogP contribution >= 0.6 is 22.6 Å². The summed E-state index contributed by atoms with van der Waals surface area (Å²) in [6, 6.07) is 18.1. The molecule has 132 valence electrons. The van der Waals surface area contributed by atoms with Gasteiger partial charge in [0.15, 0.2) is 0 Å². The van der Waals surface area contributed by atoms with Crippen LogP contribution in [0, 0.1) is 3.57 Å². The summed E-state index contributed by atoms with van der Waals surface area (Å²) in [5.74, 6) is 0. The lowest BCUT2D eigenvalue weighted by Crippen LogP contribution is -2.11. The van der Waals surface area contributed by atoms with Gasteiger partial charge in [-0.2, -0.15) is 8.42 Å². The summed E-state index contributed by atoms with van der Waals surface area (Å²) in [5.41, 5.74) is 0. The quantitative estimate of drug-likeness (QED) is 0.423. The molecule has 0 spiro atoms. The van der Waals surface area contributed by atoms with E-state index in [1.54, 1.807) is 36.4 Å². The number of benzene rings is 3. The second kappa shape index (κ2) is 7.79. The van der Waals surface area contributed by atoms with Gasteiger partial charge >= 0.3 is 0 Å². The molecule has 25 heavy (non-hydrogen) atoms. The van der Waals surface area contributed by atoms with Crippen LogP contribution in [0.15, 0.2) is 76.5 Å². The first-order chi connectivity index (χ1) is 11.6. The average Bonchev–Trinajstić information content (AvgIpc) is 2.55. The highest BCUT2D eigenvalue weighted by atomic mass is 127. The van der Waals surface area contributed by atoms with Gasteiger partial charge in [0.25, 0.3) is 10.1 Å². The van der Waals surface area contributed by atoms with Crippen LogP contribution in [0.2, 0.25) is 0 Å². The fourth-order valence-corrected chi connectivity index (χ4v) is 4.00. The van der Waals surface area contributed by atoms with Gasteiger partial charge in [-0.1, -0.05) is 42.5 Å². The first-order valence-electron chi connectivity index (χ1n) is 6.83. The predicted molar refractivity (Wildman–Crippen MR) is 104 cm³/mol. The van der Waals surface area contributed by atoms with Crippen LogP contribution in [0.25, 0.3) is 10.8 Å². The van der Waals surface area contributed by atoms with E-state index in [0.717, 1.165) is 8.96 Å². The lowest BCUT2D eigenvalue weighted by atomic mass is 10.1. The molecular weight excluding hydrogens is 477 g/mol. The Hall–Kier alpha value is -1.53. The number of hydrogen-bond acceptors (Lipinski definition) is 4. The Morgan fingerprint density at radius 1 is 0.760 bits per heavy atom. The molecule has 0 bridgehead atoms. The fourth-order valence-electron chi connectivity index (χ4n) is 2.08. The van der Waals surface area contributed by atoms with Crippen LogP contribution in [-0.2, 0) is 20.1 Å². The summed E-state index contributed by atoms with van der Waals surface area (Å²) in [5, 5.41) is 6.20. The zero-order chi connectivity index (χ0) is 18.7. The van der Waals surface area contributed by atoms with Crippen molar-refractivity contribution in [2.45, 2.75) is 9.79 Å². The Morgan fingerprint density at radius 2 is 1.32 bits per heavy atom. The second-order valence-corrected chi connectivity index (χ2v) is 9.04. The van der Waals surface area contributed by atoms with Crippen molar-refractivity contribution in [3.63, 3.8) is 0 Å². The van der Waals surface area contributed by atoms with Crippen molar-refractivity contribution in [1.82, 2.24) is 0 Å². The SMILES string of the molecule is NS(=O)(=O)c1ccccc1.O=S(=O)(O)c1cccc2c(I)cccc12. The standard InChI is InChI=1S/C10H7IO3S.C6H7NO2S/c11-9-5-1-4-8-7(9)3-2-6-10(8)15(12,13)14;7-10(8,9)6-4-2-1-3-5-6/h1-6H,(H,12,13,14);1-5H,(H2,7,8,9). The summed E-state index contributed by atoms with van der Waals surface area (Å²) in [6.45, 7) is 0. The molecule has 0 saturated heterocycles. The van der Waals surface area contributed by atoms with Gasteiger partial charge in [-0.3, -0.25) is 4.55 Å². The number of halogens is 1. The van der Waals surface area contributed by atoms with E-state index in [4.69, 9.17) is 9.69 Å². The monoisotopic (exact) mass is 491 g/mol. The molecular formula is C16H14INO5S2. The van der Waals surface area contributed by atoms with Crippen molar-refractivity contribution in [2.24, 2.45) is 5.14 Å². The van der Waals surface area contributed by atoms with E-state index in [1.165, 1.54) is 18.2 Å². The second-order valence-electron chi connectivity index (χ2n) is 4.92. The number of nitrogens with two attached hydrogens (primary N) is 1. The van der Waals surface area contributed by atoms with Crippen LogP contribution in [0.4, 0.5) is 0 Å². The van der Waals surface area contributed by atoms with E-state index in [1.807, 2.05) is 12.1 Å². The molecule has 0 amide bonds. The Kier molecular flexibility index (Phi) is 6.16. The molecule has 0 heterocycles. The summed E-state index contributed by atoms with van der Waals surface area (Å²) in [7, 11) is -7.65. The lowest BCUT2D eigenvalue weighted by Gasteiger charge is -2.04. The van der Waals surface area contributed by atoms with Gasteiger partial charge in [-0.15, -0.1) is 0 Å². The molecule has 0 fully saturated rings.